The molecule has 8 heteroatoms. The number of nitrogens with zero attached hydrogens (tertiary/aromatic N) is 1. The fourth-order valence-corrected chi connectivity index (χ4v) is 1.50. The number of aliphatic hydroxyl groups is 1. The van der Waals surface area contributed by atoms with Crippen molar-refractivity contribution in [1.29, 1.82) is 0 Å². The number of hydrogen-bond acceptors (Lipinski definition) is 4. The van der Waals surface area contributed by atoms with Gasteiger partial charge in [-0.05, 0) is 12.1 Å². The van der Waals surface area contributed by atoms with Crippen LogP contribution >= 0.6 is 24.8 Å². The van der Waals surface area contributed by atoms with E-state index in [-0.39, 0.29) is 31.4 Å². The number of benzene rings is 1. The highest BCUT2D eigenvalue weighted by Gasteiger charge is 2.12. The first-order chi connectivity index (χ1) is 8.70. The average Bonchev–Trinajstić information content (AvgIpc) is 2.92. The maximum absolute atomic E-state index is 11.5. The number of aromatic amines is 1. The molecule has 0 unspecified atom stereocenters. The summed E-state index contributed by atoms with van der Waals surface area (Å²) in [6.07, 6.45) is 3.28. The highest BCUT2D eigenvalue weighted by Crippen LogP contribution is 2.20. The zero-order valence-corrected chi connectivity index (χ0v) is 12.1. The van der Waals surface area contributed by atoms with Crippen molar-refractivity contribution in [2.75, 3.05) is 11.9 Å². The molecule has 5 N–H and O–H groups in total. The first-order valence-electron chi connectivity index (χ1n) is 5.47. The normalized spacial score (nSPS) is 10.9. The van der Waals surface area contributed by atoms with Crippen molar-refractivity contribution in [3.8, 4) is 11.3 Å². The summed E-state index contributed by atoms with van der Waals surface area (Å²) in [6, 6.07) is 6.35. The first kappa shape index (κ1) is 18.4. The van der Waals surface area contributed by atoms with E-state index >= 15 is 0 Å². The molecular formula is C12H16Cl2N4O2. The third-order valence-corrected chi connectivity index (χ3v) is 2.47. The summed E-state index contributed by atoms with van der Waals surface area (Å²) in [6.45, 7) is -0.383. The van der Waals surface area contributed by atoms with Crippen molar-refractivity contribution < 1.29 is 9.90 Å². The van der Waals surface area contributed by atoms with Gasteiger partial charge >= 0.3 is 0 Å². The zero-order chi connectivity index (χ0) is 13.0. The molecule has 1 aromatic heterocycles. The summed E-state index contributed by atoms with van der Waals surface area (Å²) in [5.41, 5.74) is 7.80. The summed E-state index contributed by atoms with van der Waals surface area (Å²) >= 11 is 0. The van der Waals surface area contributed by atoms with Crippen LogP contribution < -0.4 is 11.1 Å². The number of rotatable bonds is 4. The fourth-order valence-electron chi connectivity index (χ4n) is 1.50. The second kappa shape index (κ2) is 8.55. The molecule has 2 rings (SSSR count). The van der Waals surface area contributed by atoms with Gasteiger partial charge in [0.15, 0.2) is 0 Å². The molecule has 1 amide bonds. The van der Waals surface area contributed by atoms with Gasteiger partial charge in [0, 0.05) is 11.3 Å². The summed E-state index contributed by atoms with van der Waals surface area (Å²) < 4.78 is 0. The van der Waals surface area contributed by atoms with Crippen LogP contribution in [0.1, 0.15) is 0 Å². The van der Waals surface area contributed by atoms with Crippen molar-refractivity contribution in [3.63, 3.8) is 0 Å². The monoisotopic (exact) mass is 318 g/mol. The van der Waals surface area contributed by atoms with E-state index in [2.05, 4.69) is 15.3 Å². The van der Waals surface area contributed by atoms with Crippen LogP contribution in [0.3, 0.4) is 0 Å². The molecule has 0 fully saturated rings. The largest absolute Gasteiger partial charge is 0.394 e. The molecular weight excluding hydrogens is 303 g/mol. The quantitative estimate of drug-likeness (QED) is 0.679. The van der Waals surface area contributed by atoms with E-state index in [1.807, 2.05) is 12.1 Å². The lowest BCUT2D eigenvalue weighted by Gasteiger charge is -2.10. The van der Waals surface area contributed by atoms with Gasteiger partial charge in [0.25, 0.3) is 0 Å². The van der Waals surface area contributed by atoms with Crippen molar-refractivity contribution in [3.05, 3.63) is 36.8 Å². The van der Waals surface area contributed by atoms with Gasteiger partial charge in [-0.3, -0.25) is 4.79 Å². The van der Waals surface area contributed by atoms with Crippen LogP contribution in [0.15, 0.2) is 36.8 Å². The number of aliphatic hydroxyl groups excluding tert-OH is 1. The molecule has 0 spiro atoms. The van der Waals surface area contributed by atoms with Gasteiger partial charge in [0.05, 0.1) is 24.8 Å². The van der Waals surface area contributed by atoms with Crippen molar-refractivity contribution in [2.45, 2.75) is 6.04 Å². The van der Waals surface area contributed by atoms with E-state index in [0.717, 1.165) is 11.3 Å². The van der Waals surface area contributed by atoms with Crippen LogP contribution in [-0.2, 0) is 4.79 Å². The van der Waals surface area contributed by atoms with Crippen LogP contribution in [-0.4, -0.2) is 33.6 Å². The van der Waals surface area contributed by atoms with Crippen molar-refractivity contribution >= 4 is 36.4 Å². The Kier molecular flexibility index (Phi) is 7.86. The van der Waals surface area contributed by atoms with Gasteiger partial charge in [0.1, 0.15) is 6.04 Å². The third-order valence-electron chi connectivity index (χ3n) is 2.47. The number of anilines is 1. The summed E-state index contributed by atoms with van der Waals surface area (Å²) in [7, 11) is 0. The Morgan fingerprint density at radius 2 is 2.20 bits per heavy atom. The minimum Gasteiger partial charge on any atom is -0.394 e. The lowest BCUT2D eigenvalue weighted by Crippen LogP contribution is -2.38. The molecule has 1 heterocycles. The molecule has 2 aromatic rings. The van der Waals surface area contributed by atoms with E-state index in [0.29, 0.717) is 5.69 Å². The number of amides is 1. The first-order valence-corrected chi connectivity index (χ1v) is 5.47. The van der Waals surface area contributed by atoms with Gasteiger partial charge < -0.3 is 21.1 Å². The number of carbonyl (C=O) groups excluding carboxylic acids is 1. The predicted octanol–water partition coefficient (Wildman–Crippen LogP) is 1.18. The Labute approximate surface area is 128 Å². The molecule has 0 saturated heterocycles. The Hall–Kier alpha value is -1.60. The van der Waals surface area contributed by atoms with Crippen LogP contribution in [0.4, 0.5) is 5.69 Å². The molecule has 110 valence electrons. The maximum Gasteiger partial charge on any atom is 0.243 e. The Balaban J connectivity index is 0.00000180. The van der Waals surface area contributed by atoms with Crippen molar-refractivity contribution in [1.82, 2.24) is 9.97 Å². The smallest absolute Gasteiger partial charge is 0.243 e. The number of aromatic nitrogens is 2. The predicted molar refractivity (Wildman–Crippen MR) is 82.2 cm³/mol. The SMILES string of the molecule is Cl.Cl.N[C@@H](CO)C(=O)Nc1cccc(-c2cnc[nH]2)c1. The Bertz CT molecular complexity index is 534. The van der Waals surface area contributed by atoms with Crippen LogP contribution in [0.25, 0.3) is 11.3 Å². The zero-order valence-electron chi connectivity index (χ0n) is 10.4. The minimum atomic E-state index is -0.916. The fraction of sp³-hybridized carbons (Fsp3) is 0.167. The number of carbonyl (C=O) groups is 1. The van der Waals surface area contributed by atoms with Crippen LogP contribution in [0.2, 0.25) is 0 Å². The van der Waals surface area contributed by atoms with E-state index in [4.69, 9.17) is 10.8 Å². The van der Waals surface area contributed by atoms with Gasteiger partial charge in [0.2, 0.25) is 5.91 Å². The van der Waals surface area contributed by atoms with E-state index in [1.54, 1.807) is 24.7 Å². The molecule has 1 aromatic carbocycles. The summed E-state index contributed by atoms with van der Waals surface area (Å²) in [5.74, 6) is -0.417. The number of H-pyrrole nitrogens is 1. The highest BCUT2D eigenvalue weighted by molar-refractivity contribution is 5.95. The molecule has 6 nitrogen and oxygen atoms in total. The van der Waals surface area contributed by atoms with E-state index < -0.39 is 11.9 Å². The molecule has 20 heavy (non-hydrogen) atoms. The highest BCUT2D eigenvalue weighted by atomic mass is 35.5. The standard InChI is InChI=1S/C12H14N4O2.2ClH/c13-10(6-17)12(18)16-9-3-1-2-8(4-9)11-5-14-7-15-11;;/h1-5,7,10,17H,6,13H2,(H,14,15)(H,16,18);2*1H/t10-;;/m0../s1. The second-order valence-electron chi connectivity index (χ2n) is 3.82. The van der Waals surface area contributed by atoms with E-state index in [1.165, 1.54) is 0 Å². The maximum atomic E-state index is 11.5. The van der Waals surface area contributed by atoms with Gasteiger partial charge in [-0.25, -0.2) is 4.98 Å². The lowest BCUT2D eigenvalue weighted by atomic mass is 10.1. The molecule has 1 atom stereocenters. The Morgan fingerprint density at radius 1 is 1.45 bits per heavy atom. The molecule has 0 bridgehead atoms. The van der Waals surface area contributed by atoms with Gasteiger partial charge in [-0.2, -0.15) is 0 Å². The lowest BCUT2D eigenvalue weighted by molar-refractivity contribution is -0.118. The van der Waals surface area contributed by atoms with E-state index in [9.17, 15) is 4.79 Å². The number of hydrogen-bond donors (Lipinski definition) is 4. The minimum absolute atomic E-state index is 0. The molecule has 0 aliphatic rings. The average molecular weight is 319 g/mol. The van der Waals surface area contributed by atoms with Crippen LogP contribution in [0.5, 0.6) is 0 Å². The van der Waals surface area contributed by atoms with Gasteiger partial charge in [-0.1, -0.05) is 12.1 Å². The van der Waals surface area contributed by atoms with Gasteiger partial charge in [-0.15, -0.1) is 24.8 Å². The third kappa shape index (κ3) is 4.50. The number of imidazole rings is 1. The summed E-state index contributed by atoms with van der Waals surface area (Å²) in [5, 5.41) is 11.4. The van der Waals surface area contributed by atoms with Crippen LogP contribution in [0, 0.1) is 0 Å². The topological polar surface area (TPSA) is 104 Å². The molecule has 0 aliphatic heterocycles. The number of nitrogens with one attached hydrogen (secondary N) is 2. The number of nitrogens with two attached hydrogens (primary N) is 1. The summed E-state index contributed by atoms with van der Waals surface area (Å²) in [4.78, 5) is 18.4. The molecule has 0 saturated carbocycles. The number of halogens is 2. The second-order valence-corrected chi connectivity index (χ2v) is 3.82. The Morgan fingerprint density at radius 3 is 2.80 bits per heavy atom. The molecule has 0 aliphatic carbocycles. The molecule has 0 radical (unpaired) electrons. The van der Waals surface area contributed by atoms with Crippen molar-refractivity contribution in [2.24, 2.45) is 5.73 Å².